The molecule has 6 nitrogen and oxygen atoms in total. The maximum absolute atomic E-state index is 12.7. The topological polar surface area (TPSA) is 87.8 Å². The van der Waals surface area contributed by atoms with E-state index in [1.807, 2.05) is 25.1 Å². The number of rotatable bonds is 3. The fourth-order valence-corrected chi connectivity index (χ4v) is 3.03. The van der Waals surface area contributed by atoms with Crippen LogP contribution in [0.4, 0.5) is 5.69 Å². The summed E-state index contributed by atoms with van der Waals surface area (Å²) in [5.41, 5.74) is 11.0. The summed E-state index contributed by atoms with van der Waals surface area (Å²) in [5.74, 6) is -0.361. The third kappa shape index (κ3) is 3.62. The molecule has 3 rings (SSSR count). The highest BCUT2D eigenvalue weighted by atomic mass is 32.1. The Balaban J connectivity index is 1.89. The van der Waals surface area contributed by atoms with Crippen LogP contribution < -0.4 is 16.1 Å². The van der Waals surface area contributed by atoms with Crippen molar-refractivity contribution < 1.29 is 9.59 Å². The molecule has 2 aromatic rings. The van der Waals surface area contributed by atoms with Gasteiger partial charge in [0.2, 0.25) is 5.91 Å². The number of hydrazone groups is 1. The Morgan fingerprint density at radius 2 is 1.85 bits per heavy atom. The van der Waals surface area contributed by atoms with Gasteiger partial charge in [0.1, 0.15) is 0 Å². The zero-order valence-electron chi connectivity index (χ0n) is 14.2. The van der Waals surface area contributed by atoms with Gasteiger partial charge in [-0.05, 0) is 42.0 Å². The normalized spacial score (nSPS) is 16.4. The molecular weight excluding hydrogens is 348 g/mol. The summed E-state index contributed by atoms with van der Waals surface area (Å²) >= 11 is 5.08. The summed E-state index contributed by atoms with van der Waals surface area (Å²) in [5, 5.41) is 4.11. The maximum atomic E-state index is 12.7. The second-order valence-corrected chi connectivity index (χ2v) is 6.45. The number of carbonyl (C=O) groups is 2. The van der Waals surface area contributed by atoms with E-state index in [1.165, 1.54) is 4.90 Å². The van der Waals surface area contributed by atoms with Crippen LogP contribution in [-0.4, -0.2) is 22.6 Å². The van der Waals surface area contributed by atoms with Gasteiger partial charge >= 0.3 is 0 Å². The highest BCUT2D eigenvalue weighted by Crippen LogP contribution is 2.22. The number of thiocarbonyl (C=S) groups is 1. The highest BCUT2D eigenvalue weighted by Gasteiger charge is 2.23. The van der Waals surface area contributed by atoms with Gasteiger partial charge in [-0.25, -0.2) is 5.43 Å². The summed E-state index contributed by atoms with van der Waals surface area (Å²) < 4.78 is 0. The molecule has 132 valence electrons. The first-order valence-electron chi connectivity index (χ1n) is 8.13. The summed E-state index contributed by atoms with van der Waals surface area (Å²) in [6, 6.07) is 16.0. The van der Waals surface area contributed by atoms with Crippen molar-refractivity contribution in [2.75, 3.05) is 4.90 Å². The van der Waals surface area contributed by atoms with Crippen LogP contribution in [0.5, 0.6) is 0 Å². The monoisotopic (exact) mass is 366 g/mol. The fourth-order valence-electron chi connectivity index (χ4n) is 2.84. The molecule has 0 spiro atoms. The van der Waals surface area contributed by atoms with Crippen LogP contribution in [0.3, 0.4) is 0 Å². The van der Waals surface area contributed by atoms with Crippen molar-refractivity contribution >= 4 is 40.5 Å². The van der Waals surface area contributed by atoms with E-state index in [1.54, 1.807) is 36.4 Å². The van der Waals surface area contributed by atoms with E-state index in [9.17, 15) is 9.59 Å². The van der Waals surface area contributed by atoms with Gasteiger partial charge in [-0.2, -0.15) is 5.10 Å². The number of benzene rings is 2. The SMILES string of the molecule is CC1CC(=O)NN=C1c1ccc(N(C(=O)c2ccccc2)C(N)=S)cc1. The van der Waals surface area contributed by atoms with Gasteiger partial charge in [-0.3, -0.25) is 14.5 Å². The number of anilines is 1. The second-order valence-electron chi connectivity index (χ2n) is 6.03. The van der Waals surface area contributed by atoms with Gasteiger partial charge in [0.15, 0.2) is 5.11 Å². The number of nitrogens with two attached hydrogens (primary N) is 1. The highest BCUT2D eigenvalue weighted by molar-refractivity contribution is 7.80. The van der Waals surface area contributed by atoms with Crippen molar-refractivity contribution in [1.82, 2.24) is 5.43 Å². The smallest absolute Gasteiger partial charge is 0.264 e. The number of nitrogens with one attached hydrogen (secondary N) is 1. The minimum Gasteiger partial charge on any atom is -0.376 e. The van der Waals surface area contributed by atoms with Gasteiger partial charge in [-0.15, -0.1) is 0 Å². The quantitative estimate of drug-likeness (QED) is 0.817. The summed E-state index contributed by atoms with van der Waals surface area (Å²) in [7, 11) is 0. The number of hydrogen-bond acceptors (Lipinski definition) is 4. The molecule has 26 heavy (non-hydrogen) atoms. The molecular formula is C19H18N4O2S. The Bertz CT molecular complexity index is 878. The molecule has 2 amide bonds. The van der Waals surface area contributed by atoms with Crippen molar-refractivity contribution in [3.8, 4) is 0 Å². The van der Waals surface area contributed by atoms with Crippen LogP contribution in [0.25, 0.3) is 0 Å². The molecule has 0 saturated heterocycles. The summed E-state index contributed by atoms with van der Waals surface area (Å²) in [6.07, 6.45) is 0.395. The number of nitrogens with zero attached hydrogens (tertiary/aromatic N) is 2. The molecule has 7 heteroatoms. The van der Waals surface area contributed by atoms with Crippen LogP contribution in [0, 0.1) is 5.92 Å². The van der Waals surface area contributed by atoms with Crippen LogP contribution in [0.2, 0.25) is 0 Å². The van der Waals surface area contributed by atoms with Gasteiger partial charge < -0.3 is 5.73 Å². The van der Waals surface area contributed by atoms with E-state index in [2.05, 4.69) is 10.5 Å². The zero-order valence-corrected chi connectivity index (χ0v) is 15.0. The maximum Gasteiger partial charge on any atom is 0.264 e. The lowest BCUT2D eigenvalue weighted by Crippen LogP contribution is -2.40. The van der Waals surface area contributed by atoms with E-state index < -0.39 is 0 Å². The average molecular weight is 366 g/mol. The third-order valence-electron chi connectivity index (χ3n) is 4.12. The molecule has 1 atom stereocenters. The Morgan fingerprint density at radius 3 is 2.42 bits per heavy atom. The lowest BCUT2D eigenvalue weighted by molar-refractivity contribution is -0.121. The Hall–Kier alpha value is -3.06. The van der Waals surface area contributed by atoms with E-state index in [0.717, 1.165) is 11.3 Å². The third-order valence-corrected chi connectivity index (χ3v) is 4.31. The van der Waals surface area contributed by atoms with Crippen molar-refractivity contribution in [3.63, 3.8) is 0 Å². The van der Waals surface area contributed by atoms with Gasteiger partial charge in [0.05, 0.1) is 11.4 Å². The molecule has 0 saturated carbocycles. The van der Waals surface area contributed by atoms with Gasteiger partial charge in [0, 0.05) is 17.9 Å². The van der Waals surface area contributed by atoms with E-state index in [4.69, 9.17) is 18.0 Å². The number of hydrogen-bond donors (Lipinski definition) is 2. The molecule has 0 aromatic heterocycles. The number of amides is 2. The van der Waals surface area contributed by atoms with Crippen LogP contribution in [0.15, 0.2) is 59.7 Å². The first kappa shape index (κ1) is 17.8. The lowest BCUT2D eigenvalue weighted by atomic mass is 9.94. The van der Waals surface area contributed by atoms with Crippen molar-refractivity contribution in [2.45, 2.75) is 13.3 Å². The molecule has 1 heterocycles. The Morgan fingerprint density at radius 1 is 1.19 bits per heavy atom. The van der Waals surface area contributed by atoms with Crippen LogP contribution in [-0.2, 0) is 4.79 Å². The summed E-state index contributed by atoms with van der Waals surface area (Å²) in [4.78, 5) is 25.4. The minimum atomic E-state index is -0.290. The van der Waals surface area contributed by atoms with E-state index >= 15 is 0 Å². The molecule has 0 bridgehead atoms. The van der Waals surface area contributed by atoms with Crippen LogP contribution >= 0.6 is 12.2 Å². The van der Waals surface area contributed by atoms with E-state index in [0.29, 0.717) is 17.7 Å². The van der Waals surface area contributed by atoms with Crippen molar-refractivity contribution in [3.05, 3.63) is 65.7 Å². The predicted octanol–water partition coefficient (Wildman–Crippen LogP) is 2.44. The molecule has 0 fully saturated rings. The largest absolute Gasteiger partial charge is 0.376 e. The predicted molar refractivity (Wildman–Crippen MR) is 105 cm³/mol. The zero-order chi connectivity index (χ0) is 18.7. The van der Waals surface area contributed by atoms with Gasteiger partial charge in [-0.1, -0.05) is 37.3 Å². The lowest BCUT2D eigenvalue weighted by Gasteiger charge is -2.22. The molecule has 0 radical (unpaired) electrons. The molecule has 1 unspecified atom stereocenters. The van der Waals surface area contributed by atoms with Crippen molar-refractivity contribution in [2.24, 2.45) is 16.8 Å². The molecule has 3 N–H and O–H groups in total. The van der Waals surface area contributed by atoms with Crippen molar-refractivity contribution in [1.29, 1.82) is 0 Å². The first-order valence-corrected chi connectivity index (χ1v) is 8.54. The Labute approximate surface area is 156 Å². The molecule has 2 aromatic carbocycles. The van der Waals surface area contributed by atoms with E-state index in [-0.39, 0.29) is 22.8 Å². The Kier molecular flexibility index (Phi) is 5.09. The molecule has 0 aliphatic carbocycles. The first-order chi connectivity index (χ1) is 12.5. The van der Waals surface area contributed by atoms with Gasteiger partial charge in [0.25, 0.3) is 5.91 Å². The number of carbonyl (C=O) groups excluding carboxylic acids is 2. The molecule has 1 aliphatic heterocycles. The van der Waals surface area contributed by atoms with Crippen LogP contribution in [0.1, 0.15) is 29.3 Å². The molecule has 1 aliphatic rings. The summed E-state index contributed by atoms with van der Waals surface area (Å²) in [6.45, 7) is 1.95. The minimum absolute atomic E-state index is 0.0206. The fraction of sp³-hybridized carbons (Fsp3) is 0.158. The average Bonchev–Trinajstić information content (AvgIpc) is 2.63. The standard InChI is InChI=1S/C19H18N4O2S/c1-12-11-16(24)21-22-17(12)13-7-9-15(10-8-13)23(19(20)26)18(25)14-5-3-2-4-6-14/h2-10,12H,11H2,1H3,(H2,20,26)(H,21,24). The second kappa shape index (κ2) is 7.45.